The number of halogens is 6. The molecule has 0 saturated heterocycles. The summed E-state index contributed by atoms with van der Waals surface area (Å²) < 4.78 is 58.0. The van der Waals surface area contributed by atoms with Gasteiger partial charge >= 0.3 is 20.7 Å². The molecule has 0 aromatic rings. The largest absolute Gasteiger partial charge is 0.631 e. The van der Waals surface area contributed by atoms with Crippen molar-refractivity contribution >= 4 is 7.32 Å². The van der Waals surface area contributed by atoms with E-state index in [1.54, 1.807) is 0 Å². The first-order valence-electron chi connectivity index (χ1n) is 2.08. The third-order valence-corrected chi connectivity index (χ3v) is 0. The smallest absolute Gasteiger partial charge is 0.402 e. The molecule has 0 unspecified atom stereocenters. The molecule has 12 heavy (non-hydrogen) atoms. The molecular weight excluding hydrogens is 197 g/mol. The van der Waals surface area contributed by atoms with E-state index >= 15 is 0 Å². The summed E-state index contributed by atoms with van der Waals surface area (Å²) in [6, 6.07) is 0. The molecule has 0 aromatic carbocycles. The van der Waals surface area contributed by atoms with Crippen LogP contribution in [0.4, 0.5) is 26.3 Å². The highest BCUT2D eigenvalue weighted by Crippen LogP contribution is 1.87. The molecule has 0 aromatic heterocycles. The lowest BCUT2D eigenvalue weighted by molar-refractivity contribution is 0.00734. The predicted molar refractivity (Wildman–Crippen MR) is 26.6 cm³/mol. The van der Waals surface area contributed by atoms with Gasteiger partial charge in [0.25, 0.3) is 0 Å². The fraction of sp³-hybridized carbons (Fsp3) is 1.00. The first kappa shape index (κ1) is 17.6. The van der Waals surface area contributed by atoms with Gasteiger partial charge in [-0.2, -0.15) is 26.3 Å². The van der Waals surface area contributed by atoms with Gasteiger partial charge in [-0.1, -0.05) is 0 Å². The van der Waals surface area contributed by atoms with Crippen molar-refractivity contribution in [3.8, 4) is 0 Å². The Balaban J connectivity index is -0.000000101. The van der Waals surface area contributed by atoms with Crippen LogP contribution in [0.5, 0.6) is 0 Å². The number of hydrogen-bond acceptors (Lipinski definition) is 3. The van der Waals surface area contributed by atoms with E-state index in [2.05, 4.69) is 0 Å². The Hall–Kier alpha value is -0.475. The Morgan fingerprint density at radius 2 is 0.667 bits per heavy atom. The molecule has 76 valence electrons. The maximum absolute atomic E-state index is 9.67. The van der Waals surface area contributed by atoms with Crippen molar-refractivity contribution in [2.45, 2.75) is 13.4 Å². The standard InChI is InChI=1S/2CHF3.BH3O3/c3*2-1(3)4/h2*1H;2-4H. The summed E-state index contributed by atoms with van der Waals surface area (Å²) >= 11 is 0. The Labute approximate surface area is 63.4 Å². The minimum atomic E-state index is -3.67. The van der Waals surface area contributed by atoms with E-state index in [-0.39, 0.29) is 0 Å². The van der Waals surface area contributed by atoms with E-state index in [1.807, 2.05) is 0 Å². The molecule has 0 amide bonds. The molecule has 0 heterocycles. The van der Waals surface area contributed by atoms with E-state index in [9.17, 15) is 26.3 Å². The molecule has 0 aliphatic heterocycles. The molecule has 0 rings (SSSR count). The zero-order valence-corrected chi connectivity index (χ0v) is 5.34. The number of hydrogen-bond donors (Lipinski definition) is 3. The van der Waals surface area contributed by atoms with Crippen molar-refractivity contribution < 1.29 is 41.4 Å². The fourth-order valence-corrected chi connectivity index (χ4v) is 0. The summed E-state index contributed by atoms with van der Waals surface area (Å²) in [5, 5.41) is 21.5. The van der Waals surface area contributed by atoms with Gasteiger partial charge in [0.05, 0.1) is 0 Å². The lowest BCUT2D eigenvalue weighted by Gasteiger charge is -1.69. The van der Waals surface area contributed by atoms with E-state index < -0.39 is 20.7 Å². The summed E-state index contributed by atoms with van der Waals surface area (Å²) in [5.41, 5.74) is 0. The van der Waals surface area contributed by atoms with Gasteiger partial charge in [-0.05, 0) is 0 Å². The normalized spacial score (nSPS) is 8.25. The zero-order chi connectivity index (χ0) is 10.7. The van der Waals surface area contributed by atoms with Crippen LogP contribution in [-0.2, 0) is 0 Å². The van der Waals surface area contributed by atoms with Crippen molar-refractivity contribution in [1.82, 2.24) is 0 Å². The lowest BCUT2D eigenvalue weighted by Crippen LogP contribution is -2.07. The molecule has 0 saturated carbocycles. The third kappa shape index (κ3) is 3070. The fourth-order valence-electron chi connectivity index (χ4n) is 0. The summed E-state index contributed by atoms with van der Waals surface area (Å²) in [5.74, 6) is 0. The zero-order valence-electron chi connectivity index (χ0n) is 5.34. The third-order valence-electron chi connectivity index (χ3n) is 0. The van der Waals surface area contributed by atoms with Crippen molar-refractivity contribution in [3.05, 3.63) is 0 Å². The van der Waals surface area contributed by atoms with Crippen molar-refractivity contribution in [3.63, 3.8) is 0 Å². The van der Waals surface area contributed by atoms with Gasteiger partial charge in [-0.15, -0.1) is 0 Å². The van der Waals surface area contributed by atoms with Crippen LogP contribution in [-0.4, -0.2) is 35.8 Å². The van der Waals surface area contributed by atoms with Gasteiger partial charge in [0.1, 0.15) is 0 Å². The van der Waals surface area contributed by atoms with Gasteiger partial charge in [0, 0.05) is 0 Å². The van der Waals surface area contributed by atoms with Crippen molar-refractivity contribution in [2.75, 3.05) is 0 Å². The van der Waals surface area contributed by atoms with Crippen molar-refractivity contribution in [2.24, 2.45) is 0 Å². The van der Waals surface area contributed by atoms with Crippen LogP contribution < -0.4 is 0 Å². The molecule has 0 radical (unpaired) electrons. The molecule has 3 nitrogen and oxygen atoms in total. The topological polar surface area (TPSA) is 60.7 Å². The Bertz CT molecular complexity index is 49.3. The highest BCUT2D eigenvalue weighted by atomic mass is 19.4. The second-order valence-corrected chi connectivity index (χ2v) is 0.841. The molecule has 0 fully saturated rings. The maximum atomic E-state index is 9.67. The van der Waals surface area contributed by atoms with E-state index in [0.717, 1.165) is 0 Å². The summed E-state index contributed by atoms with van der Waals surface area (Å²) in [7, 11) is -2.17. The molecule has 0 atom stereocenters. The summed E-state index contributed by atoms with van der Waals surface area (Å²) in [6.07, 6.45) is 0. The van der Waals surface area contributed by atoms with Crippen molar-refractivity contribution in [1.29, 1.82) is 0 Å². The lowest BCUT2D eigenvalue weighted by atomic mass is 10.3. The minimum absolute atomic E-state index is 2.17. The highest BCUT2D eigenvalue weighted by molar-refractivity contribution is 6.30. The van der Waals surface area contributed by atoms with Crippen LogP contribution in [0.15, 0.2) is 0 Å². The van der Waals surface area contributed by atoms with Crippen LogP contribution in [0.1, 0.15) is 0 Å². The van der Waals surface area contributed by atoms with Crippen LogP contribution in [0.25, 0.3) is 0 Å². The second kappa shape index (κ2) is 13.1. The summed E-state index contributed by atoms with van der Waals surface area (Å²) in [6.45, 7) is -7.33. The first-order chi connectivity index (χ1) is 5.20. The van der Waals surface area contributed by atoms with Crippen LogP contribution in [0.3, 0.4) is 0 Å². The van der Waals surface area contributed by atoms with E-state index in [4.69, 9.17) is 15.1 Å². The van der Waals surface area contributed by atoms with E-state index in [1.165, 1.54) is 0 Å². The molecule has 0 bridgehead atoms. The SMILES string of the molecule is FC(F)F.FC(F)F.OB(O)O. The van der Waals surface area contributed by atoms with Gasteiger partial charge in [0.15, 0.2) is 0 Å². The predicted octanol–water partition coefficient (Wildman–Crippen LogP) is 0.305. The average molecular weight is 202 g/mol. The first-order valence-corrected chi connectivity index (χ1v) is 2.08. The summed E-state index contributed by atoms with van der Waals surface area (Å²) in [4.78, 5) is 0. The molecular formula is C2H5BF6O3. The number of alkyl halides is 6. The van der Waals surface area contributed by atoms with Crippen LogP contribution in [0, 0.1) is 0 Å². The van der Waals surface area contributed by atoms with Gasteiger partial charge < -0.3 is 15.1 Å². The monoisotopic (exact) mass is 202 g/mol. The van der Waals surface area contributed by atoms with Crippen LogP contribution >= 0.6 is 0 Å². The van der Waals surface area contributed by atoms with Gasteiger partial charge in [0.2, 0.25) is 0 Å². The molecule has 0 aliphatic rings. The quantitative estimate of drug-likeness (QED) is 0.391. The Kier molecular flexibility index (Phi) is 19.2. The maximum Gasteiger partial charge on any atom is 0.631 e. The van der Waals surface area contributed by atoms with Crippen LogP contribution in [0.2, 0.25) is 0 Å². The highest BCUT2D eigenvalue weighted by Gasteiger charge is 1.92. The molecule has 10 heteroatoms. The molecule has 3 N–H and O–H groups in total. The Morgan fingerprint density at radius 1 is 0.667 bits per heavy atom. The number of rotatable bonds is 0. The Morgan fingerprint density at radius 3 is 0.667 bits per heavy atom. The molecule has 0 aliphatic carbocycles. The minimum Gasteiger partial charge on any atom is -0.402 e. The molecule has 0 spiro atoms. The van der Waals surface area contributed by atoms with E-state index in [0.29, 0.717) is 0 Å². The average Bonchev–Trinajstić information content (AvgIpc) is 1.54. The van der Waals surface area contributed by atoms with Gasteiger partial charge in [-0.3, -0.25) is 0 Å². The van der Waals surface area contributed by atoms with Gasteiger partial charge in [-0.25, -0.2) is 0 Å². The second-order valence-electron chi connectivity index (χ2n) is 0.841.